The van der Waals surface area contributed by atoms with Gasteiger partial charge in [-0.25, -0.2) is 0 Å². The number of nitrogens with zero attached hydrogens (tertiary/aromatic N) is 1. The van der Waals surface area contributed by atoms with Gasteiger partial charge in [0.2, 0.25) is 0 Å². The normalized spacial score (nSPS) is 11.5. The van der Waals surface area contributed by atoms with Crippen LogP contribution >= 0.6 is 0 Å². The van der Waals surface area contributed by atoms with Gasteiger partial charge in [0.25, 0.3) is 0 Å². The first kappa shape index (κ1) is 17.2. The van der Waals surface area contributed by atoms with Crippen molar-refractivity contribution < 1.29 is 4.79 Å². The molecule has 0 radical (unpaired) electrons. The minimum atomic E-state index is 0.0254. The van der Waals surface area contributed by atoms with Crippen LogP contribution in [0.1, 0.15) is 36.7 Å². The number of Topliss-reactive ketones (excluding diaryl/α,β-unsaturated/α-hetero) is 1. The van der Waals surface area contributed by atoms with Gasteiger partial charge in [0, 0.05) is 17.5 Å². The molecule has 0 atom stereocenters. The summed E-state index contributed by atoms with van der Waals surface area (Å²) in [5, 5.41) is 0. The van der Waals surface area contributed by atoms with Crippen molar-refractivity contribution in [2.45, 2.75) is 27.7 Å². The molecule has 0 aliphatic rings. The molecule has 1 rings (SSSR count). The van der Waals surface area contributed by atoms with E-state index in [4.69, 9.17) is 0 Å². The van der Waals surface area contributed by atoms with Gasteiger partial charge in [-0.05, 0) is 40.8 Å². The van der Waals surface area contributed by atoms with E-state index in [0.29, 0.717) is 6.54 Å². The Labute approximate surface area is 128 Å². The van der Waals surface area contributed by atoms with Crippen molar-refractivity contribution in [2.24, 2.45) is 5.41 Å². The summed E-state index contributed by atoms with van der Waals surface area (Å²) >= 11 is 0. The first-order valence-electron chi connectivity index (χ1n) is 7.24. The van der Waals surface area contributed by atoms with Gasteiger partial charge in [0.05, 0.1) is 6.54 Å². The molecular formula is C19H25NO. The number of benzene rings is 1. The zero-order valence-corrected chi connectivity index (χ0v) is 13.7. The SMILES string of the molecule is Cc1ccc(C(=O)CN(C)CC=CC#CC(C)(C)C)cc1. The summed E-state index contributed by atoms with van der Waals surface area (Å²) in [4.78, 5) is 14.1. The predicted molar refractivity (Wildman–Crippen MR) is 89.4 cm³/mol. The van der Waals surface area contributed by atoms with E-state index in [1.165, 1.54) is 5.56 Å². The standard InChI is InChI=1S/C19H25NO/c1-16-9-11-17(12-10-16)18(21)15-20(5)14-8-6-7-13-19(2,3)4/h6,8-12H,14-15H2,1-5H3. The average Bonchev–Trinajstić information content (AvgIpc) is 2.37. The maximum atomic E-state index is 12.1. The molecule has 0 heterocycles. The van der Waals surface area contributed by atoms with Crippen LogP contribution in [-0.4, -0.2) is 30.8 Å². The van der Waals surface area contributed by atoms with E-state index in [0.717, 1.165) is 12.1 Å². The van der Waals surface area contributed by atoms with Crippen LogP contribution < -0.4 is 0 Å². The lowest BCUT2D eigenvalue weighted by Crippen LogP contribution is -2.26. The monoisotopic (exact) mass is 283 g/mol. The third-order valence-electron chi connectivity index (χ3n) is 2.85. The maximum absolute atomic E-state index is 12.1. The quantitative estimate of drug-likeness (QED) is 0.606. The first-order valence-corrected chi connectivity index (χ1v) is 7.24. The highest BCUT2D eigenvalue weighted by Gasteiger charge is 2.07. The molecule has 0 amide bonds. The van der Waals surface area contributed by atoms with Gasteiger partial charge in [0.1, 0.15) is 0 Å². The molecule has 0 saturated heterocycles. The predicted octanol–water partition coefficient (Wildman–Crippen LogP) is 3.72. The van der Waals surface area contributed by atoms with Crippen molar-refractivity contribution in [2.75, 3.05) is 20.1 Å². The summed E-state index contributed by atoms with van der Waals surface area (Å²) in [6.07, 6.45) is 3.85. The number of carbonyl (C=O) groups is 1. The van der Waals surface area contributed by atoms with Crippen molar-refractivity contribution >= 4 is 5.78 Å². The van der Waals surface area contributed by atoms with E-state index >= 15 is 0 Å². The largest absolute Gasteiger partial charge is 0.295 e. The van der Waals surface area contributed by atoms with E-state index in [-0.39, 0.29) is 11.2 Å². The van der Waals surface area contributed by atoms with Crippen LogP contribution in [0.25, 0.3) is 0 Å². The molecule has 0 aliphatic heterocycles. The molecule has 0 aliphatic carbocycles. The van der Waals surface area contributed by atoms with Crippen molar-refractivity contribution in [1.82, 2.24) is 4.90 Å². The van der Waals surface area contributed by atoms with Crippen LogP contribution in [0.15, 0.2) is 36.4 Å². The van der Waals surface area contributed by atoms with Gasteiger partial charge in [-0.1, -0.05) is 47.7 Å². The summed E-state index contributed by atoms with van der Waals surface area (Å²) < 4.78 is 0. The van der Waals surface area contributed by atoms with Gasteiger partial charge in [-0.3, -0.25) is 9.69 Å². The molecule has 1 aromatic carbocycles. The number of ketones is 1. The first-order chi connectivity index (χ1) is 9.78. The van der Waals surface area contributed by atoms with Gasteiger partial charge in [0.15, 0.2) is 5.78 Å². The smallest absolute Gasteiger partial charge is 0.176 e. The van der Waals surface area contributed by atoms with Crippen molar-refractivity contribution in [3.63, 3.8) is 0 Å². The van der Waals surface area contributed by atoms with Crippen molar-refractivity contribution in [3.05, 3.63) is 47.5 Å². The van der Waals surface area contributed by atoms with Crippen LogP contribution in [0.2, 0.25) is 0 Å². The number of likely N-dealkylation sites (N-methyl/N-ethyl adjacent to an activating group) is 1. The molecule has 0 aromatic heterocycles. The maximum Gasteiger partial charge on any atom is 0.176 e. The van der Waals surface area contributed by atoms with E-state index in [1.54, 1.807) is 0 Å². The molecule has 0 saturated carbocycles. The topological polar surface area (TPSA) is 20.3 Å². The van der Waals surface area contributed by atoms with Gasteiger partial charge in [-0.2, -0.15) is 0 Å². The minimum Gasteiger partial charge on any atom is -0.295 e. The van der Waals surface area contributed by atoms with E-state index in [1.807, 2.05) is 55.3 Å². The number of hydrogen-bond donors (Lipinski definition) is 0. The van der Waals surface area contributed by atoms with E-state index in [9.17, 15) is 4.79 Å². The van der Waals surface area contributed by atoms with Crippen molar-refractivity contribution in [3.8, 4) is 11.8 Å². The summed E-state index contributed by atoms with van der Waals surface area (Å²) in [7, 11) is 1.94. The number of rotatable bonds is 5. The van der Waals surface area contributed by atoms with E-state index in [2.05, 4.69) is 32.6 Å². The zero-order chi connectivity index (χ0) is 15.9. The van der Waals surface area contributed by atoms with Crippen LogP contribution in [0, 0.1) is 24.2 Å². The second kappa shape index (κ2) is 7.81. The number of hydrogen-bond acceptors (Lipinski definition) is 2. The number of carbonyl (C=O) groups excluding carboxylic acids is 1. The Morgan fingerprint density at radius 3 is 2.43 bits per heavy atom. The van der Waals surface area contributed by atoms with Crippen LogP contribution in [0.3, 0.4) is 0 Å². The highest BCUT2D eigenvalue weighted by atomic mass is 16.1. The van der Waals surface area contributed by atoms with Gasteiger partial charge >= 0.3 is 0 Å². The Morgan fingerprint density at radius 1 is 1.24 bits per heavy atom. The Kier molecular flexibility index (Phi) is 6.39. The van der Waals surface area contributed by atoms with Crippen molar-refractivity contribution in [1.29, 1.82) is 0 Å². The summed E-state index contributed by atoms with van der Waals surface area (Å²) in [5.41, 5.74) is 1.96. The lowest BCUT2D eigenvalue weighted by molar-refractivity contribution is 0.0952. The fourth-order valence-electron chi connectivity index (χ4n) is 1.69. The lowest BCUT2D eigenvalue weighted by Gasteiger charge is -2.13. The minimum absolute atomic E-state index is 0.0254. The molecule has 2 nitrogen and oxygen atoms in total. The fourth-order valence-corrected chi connectivity index (χ4v) is 1.69. The molecule has 0 N–H and O–H groups in total. The van der Waals surface area contributed by atoms with Crippen LogP contribution in [-0.2, 0) is 0 Å². The molecule has 0 fully saturated rings. The molecule has 21 heavy (non-hydrogen) atoms. The summed E-state index contributed by atoms with van der Waals surface area (Å²) in [6.45, 7) is 9.40. The Bertz CT molecular complexity index is 550. The van der Waals surface area contributed by atoms with Crippen LogP contribution in [0.4, 0.5) is 0 Å². The van der Waals surface area contributed by atoms with Crippen LogP contribution in [0.5, 0.6) is 0 Å². The lowest BCUT2D eigenvalue weighted by atomic mass is 9.98. The van der Waals surface area contributed by atoms with Gasteiger partial charge < -0.3 is 0 Å². The zero-order valence-electron chi connectivity index (χ0n) is 13.7. The third kappa shape index (κ3) is 7.48. The van der Waals surface area contributed by atoms with Gasteiger partial charge in [-0.15, -0.1) is 0 Å². The highest BCUT2D eigenvalue weighted by molar-refractivity contribution is 5.97. The number of allylic oxidation sites excluding steroid dienone is 1. The third-order valence-corrected chi connectivity index (χ3v) is 2.85. The molecule has 2 heteroatoms. The van der Waals surface area contributed by atoms with E-state index < -0.39 is 0 Å². The average molecular weight is 283 g/mol. The highest BCUT2D eigenvalue weighted by Crippen LogP contribution is 2.09. The second-order valence-electron chi connectivity index (χ2n) is 6.41. The second-order valence-corrected chi connectivity index (χ2v) is 6.41. The fraction of sp³-hybridized carbons (Fsp3) is 0.421. The molecule has 112 valence electrons. The number of aryl methyl sites for hydroxylation is 1. The Hall–Kier alpha value is -1.85. The molecular weight excluding hydrogens is 258 g/mol. The molecule has 0 spiro atoms. The molecule has 0 bridgehead atoms. The summed E-state index contributed by atoms with van der Waals surface area (Å²) in [6, 6.07) is 7.71. The molecule has 0 unspecified atom stereocenters. The summed E-state index contributed by atoms with van der Waals surface area (Å²) in [5.74, 6) is 6.32. The Morgan fingerprint density at radius 2 is 1.86 bits per heavy atom. The Balaban J connectivity index is 2.44. The molecule has 1 aromatic rings.